The number of Topliss-reactive ketones (excluding diaryl/α,β-unsaturated/α-hetero) is 1. The standard InChI is InChI=1S/C17H29NO2/c18-17(10-5-2-6-11-17)15(19)14-7-12-20-16(13-14)8-3-1-4-9-16/h14H,1-13,18H2. The normalized spacial score (nSPS) is 33.0. The Morgan fingerprint density at radius 2 is 1.55 bits per heavy atom. The van der Waals surface area contributed by atoms with Crippen molar-refractivity contribution >= 4 is 5.78 Å². The van der Waals surface area contributed by atoms with Crippen LogP contribution in [0.3, 0.4) is 0 Å². The molecule has 3 rings (SSSR count). The van der Waals surface area contributed by atoms with Crippen molar-refractivity contribution in [2.24, 2.45) is 11.7 Å². The van der Waals surface area contributed by atoms with Crippen LogP contribution in [0.5, 0.6) is 0 Å². The minimum Gasteiger partial charge on any atom is -0.375 e. The molecule has 3 aliphatic rings. The van der Waals surface area contributed by atoms with Gasteiger partial charge in [-0.2, -0.15) is 0 Å². The van der Waals surface area contributed by atoms with Crippen LogP contribution in [0.15, 0.2) is 0 Å². The number of nitrogens with two attached hydrogens (primary N) is 1. The van der Waals surface area contributed by atoms with E-state index in [1.807, 2.05) is 0 Å². The van der Waals surface area contributed by atoms with E-state index in [-0.39, 0.29) is 11.5 Å². The first-order valence-electron chi connectivity index (χ1n) is 8.61. The van der Waals surface area contributed by atoms with Crippen molar-refractivity contribution in [2.75, 3.05) is 6.61 Å². The minimum atomic E-state index is -0.518. The van der Waals surface area contributed by atoms with Crippen LogP contribution < -0.4 is 5.73 Å². The van der Waals surface area contributed by atoms with Crippen molar-refractivity contribution in [1.29, 1.82) is 0 Å². The predicted molar refractivity (Wildman–Crippen MR) is 79.5 cm³/mol. The van der Waals surface area contributed by atoms with E-state index in [1.54, 1.807) is 0 Å². The zero-order valence-electron chi connectivity index (χ0n) is 12.7. The second-order valence-corrected chi connectivity index (χ2v) is 7.36. The molecule has 2 saturated carbocycles. The molecule has 1 aliphatic heterocycles. The third kappa shape index (κ3) is 2.80. The average Bonchev–Trinajstić information content (AvgIpc) is 2.48. The quantitative estimate of drug-likeness (QED) is 0.843. The van der Waals surface area contributed by atoms with Crippen molar-refractivity contribution in [3.63, 3.8) is 0 Å². The number of ketones is 1. The molecule has 1 heterocycles. The van der Waals surface area contributed by atoms with Crippen LogP contribution >= 0.6 is 0 Å². The zero-order valence-corrected chi connectivity index (χ0v) is 12.7. The first-order valence-corrected chi connectivity index (χ1v) is 8.61. The molecule has 3 fully saturated rings. The number of rotatable bonds is 2. The van der Waals surface area contributed by atoms with Gasteiger partial charge in [0.1, 0.15) is 0 Å². The molecule has 0 bridgehead atoms. The van der Waals surface area contributed by atoms with E-state index in [0.29, 0.717) is 5.78 Å². The molecule has 1 unspecified atom stereocenters. The highest BCUT2D eigenvalue weighted by molar-refractivity contribution is 5.90. The number of carbonyl (C=O) groups excluding carboxylic acids is 1. The maximum atomic E-state index is 12.9. The minimum absolute atomic E-state index is 0.0157. The summed E-state index contributed by atoms with van der Waals surface area (Å²) < 4.78 is 6.11. The fourth-order valence-corrected chi connectivity index (χ4v) is 4.63. The second kappa shape index (κ2) is 5.76. The molecular weight excluding hydrogens is 250 g/mol. The van der Waals surface area contributed by atoms with Gasteiger partial charge in [-0.3, -0.25) is 4.79 Å². The molecule has 2 N–H and O–H groups in total. The van der Waals surface area contributed by atoms with Crippen LogP contribution in [-0.2, 0) is 9.53 Å². The van der Waals surface area contributed by atoms with Crippen molar-refractivity contribution in [2.45, 2.75) is 88.2 Å². The third-order valence-corrected chi connectivity index (χ3v) is 5.87. The summed E-state index contributed by atoms with van der Waals surface area (Å²) in [6.45, 7) is 0.756. The topological polar surface area (TPSA) is 52.3 Å². The molecule has 114 valence electrons. The Balaban J connectivity index is 1.68. The Bertz CT molecular complexity index is 348. The molecule has 3 nitrogen and oxygen atoms in total. The van der Waals surface area contributed by atoms with Gasteiger partial charge in [-0.15, -0.1) is 0 Å². The van der Waals surface area contributed by atoms with Crippen LogP contribution in [0, 0.1) is 5.92 Å². The Morgan fingerprint density at radius 3 is 2.20 bits per heavy atom. The fourth-order valence-electron chi connectivity index (χ4n) is 4.63. The van der Waals surface area contributed by atoms with Gasteiger partial charge in [0.2, 0.25) is 0 Å². The smallest absolute Gasteiger partial charge is 0.155 e. The fraction of sp³-hybridized carbons (Fsp3) is 0.941. The van der Waals surface area contributed by atoms with E-state index in [0.717, 1.165) is 58.0 Å². The van der Waals surface area contributed by atoms with Crippen molar-refractivity contribution < 1.29 is 9.53 Å². The Labute approximate surface area is 122 Å². The number of ether oxygens (including phenoxy) is 1. The lowest BCUT2D eigenvalue weighted by atomic mass is 9.69. The Morgan fingerprint density at radius 1 is 0.950 bits per heavy atom. The van der Waals surface area contributed by atoms with E-state index in [2.05, 4.69) is 0 Å². The van der Waals surface area contributed by atoms with Gasteiger partial charge >= 0.3 is 0 Å². The lowest BCUT2D eigenvalue weighted by molar-refractivity contribution is -0.148. The summed E-state index contributed by atoms with van der Waals surface area (Å²) >= 11 is 0. The van der Waals surface area contributed by atoms with Gasteiger partial charge in [-0.25, -0.2) is 0 Å². The predicted octanol–water partition coefficient (Wildman–Crippen LogP) is 3.35. The van der Waals surface area contributed by atoms with Gasteiger partial charge in [-0.05, 0) is 38.5 Å². The van der Waals surface area contributed by atoms with Gasteiger partial charge in [0, 0.05) is 12.5 Å². The Hall–Kier alpha value is -0.410. The van der Waals surface area contributed by atoms with Gasteiger partial charge in [0.15, 0.2) is 5.78 Å². The van der Waals surface area contributed by atoms with Crippen LogP contribution in [0.1, 0.15) is 77.0 Å². The maximum Gasteiger partial charge on any atom is 0.155 e. The Kier molecular flexibility index (Phi) is 4.19. The third-order valence-electron chi connectivity index (χ3n) is 5.87. The highest BCUT2D eigenvalue weighted by atomic mass is 16.5. The summed E-state index contributed by atoms with van der Waals surface area (Å²) in [6, 6.07) is 0. The van der Waals surface area contributed by atoms with Gasteiger partial charge < -0.3 is 10.5 Å². The van der Waals surface area contributed by atoms with Crippen LogP contribution in [0.4, 0.5) is 0 Å². The van der Waals surface area contributed by atoms with E-state index < -0.39 is 5.54 Å². The molecule has 0 aromatic heterocycles. The first-order chi connectivity index (χ1) is 9.64. The average molecular weight is 279 g/mol. The maximum absolute atomic E-state index is 12.9. The van der Waals surface area contributed by atoms with Crippen molar-refractivity contribution in [3.05, 3.63) is 0 Å². The lowest BCUT2D eigenvalue weighted by Crippen LogP contribution is -2.55. The molecule has 1 atom stereocenters. The van der Waals surface area contributed by atoms with Crippen molar-refractivity contribution in [1.82, 2.24) is 0 Å². The van der Waals surface area contributed by atoms with Gasteiger partial charge in [-0.1, -0.05) is 38.5 Å². The van der Waals surface area contributed by atoms with E-state index >= 15 is 0 Å². The number of hydrogen-bond acceptors (Lipinski definition) is 3. The molecule has 3 heteroatoms. The molecular formula is C17H29NO2. The lowest BCUT2D eigenvalue weighted by Gasteiger charge is -2.45. The molecule has 1 saturated heterocycles. The summed E-state index contributed by atoms with van der Waals surface area (Å²) in [4.78, 5) is 12.9. The number of hydrogen-bond donors (Lipinski definition) is 1. The van der Waals surface area contributed by atoms with E-state index in [4.69, 9.17) is 10.5 Å². The zero-order chi connectivity index (χ0) is 14.1. The summed E-state index contributed by atoms with van der Waals surface area (Å²) in [7, 11) is 0. The van der Waals surface area contributed by atoms with Crippen LogP contribution in [0.25, 0.3) is 0 Å². The monoisotopic (exact) mass is 279 g/mol. The van der Waals surface area contributed by atoms with E-state index in [1.165, 1.54) is 25.7 Å². The molecule has 0 radical (unpaired) electrons. The SMILES string of the molecule is NC1(C(=O)C2CCOC3(CCCCC3)C2)CCCCC1. The molecule has 20 heavy (non-hydrogen) atoms. The highest BCUT2D eigenvalue weighted by Gasteiger charge is 2.45. The first kappa shape index (κ1) is 14.5. The summed E-state index contributed by atoms with van der Waals surface area (Å²) in [5, 5.41) is 0. The molecule has 0 amide bonds. The summed E-state index contributed by atoms with van der Waals surface area (Å²) in [5.74, 6) is 0.510. The number of carbonyl (C=O) groups is 1. The van der Waals surface area contributed by atoms with Gasteiger partial charge in [0.05, 0.1) is 11.1 Å². The summed E-state index contributed by atoms with van der Waals surface area (Å²) in [6.07, 6.45) is 13.2. The van der Waals surface area contributed by atoms with Crippen LogP contribution in [-0.4, -0.2) is 23.5 Å². The largest absolute Gasteiger partial charge is 0.375 e. The highest BCUT2D eigenvalue weighted by Crippen LogP contribution is 2.42. The summed E-state index contributed by atoms with van der Waals surface area (Å²) in [5.41, 5.74) is 5.96. The van der Waals surface area contributed by atoms with E-state index in [9.17, 15) is 4.79 Å². The molecule has 2 aliphatic carbocycles. The molecule has 0 aromatic rings. The molecule has 0 aromatic carbocycles. The molecule has 1 spiro atoms. The second-order valence-electron chi connectivity index (χ2n) is 7.36. The van der Waals surface area contributed by atoms with Crippen LogP contribution in [0.2, 0.25) is 0 Å². The van der Waals surface area contributed by atoms with Crippen molar-refractivity contribution in [3.8, 4) is 0 Å². The van der Waals surface area contributed by atoms with Gasteiger partial charge in [0.25, 0.3) is 0 Å².